The summed E-state index contributed by atoms with van der Waals surface area (Å²) in [7, 11) is 3.95. The standard InChI is InChI=1S/C21H24F2N4OS/c1-4-26(13-15-9-11-16(12-10-15)25(2)3)19(28)14-27-18-8-6-5-7-17(18)24-21(27)29-20(22)23/h5-12,20H,4,13-14H2,1-3H3. The van der Waals surface area contributed by atoms with E-state index in [2.05, 4.69) is 4.98 Å². The maximum atomic E-state index is 13.0. The molecule has 0 bridgehead atoms. The highest BCUT2D eigenvalue weighted by atomic mass is 32.2. The first-order valence-electron chi connectivity index (χ1n) is 9.33. The highest BCUT2D eigenvalue weighted by Crippen LogP contribution is 2.28. The summed E-state index contributed by atoms with van der Waals surface area (Å²) in [5.74, 6) is -2.73. The van der Waals surface area contributed by atoms with Crippen LogP contribution in [-0.4, -0.2) is 46.8 Å². The number of anilines is 1. The van der Waals surface area contributed by atoms with Crippen molar-refractivity contribution >= 4 is 34.4 Å². The molecule has 0 saturated heterocycles. The second kappa shape index (κ2) is 9.26. The smallest absolute Gasteiger partial charge is 0.291 e. The maximum absolute atomic E-state index is 13.0. The third-order valence-electron chi connectivity index (χ3n) is 4.67. The Morgan fingerprint density at radius 2 is 1.83 bits per heavy atom. The van der Waals surface area contributed by atoms with Crippen LogP contribution < -0.4 is 4.90 Å². The highest BCUT2D eigenvalue weighted by molar-refractivity contribution is 7.99. The summed E-state index contributed by atoms with van der Waals surface area (Å²) >= 11 is 0.363. The minimum Gasteiger partial charge on any atom is -0.378 e. The fourth-order valence-electron chi connectivity index (χ4n) is 3.11. The number of nitrogens with zero attached hydrogens (tertiary/aromatic N) is 4. The lowest BCUT2D eigenvalue weighted by Crippen LogP contribution is -2.33. The largest absolute Gasteiger partial charge is 0.378 e. The summed E-state index contributed by atoms with van der Waals surface area (Å²) in [5, 5.41) is 0.154. The Bertz CT molecular complexity index is 972. The number of imidazole rings is 1. The number of aromatic nitrogens is 2. The van der Waals surface area contributed by atoms with Gasteiger partial charge in [-0.05, 0) is 48.5 Å². The number of carbonyl (C=O) groups excluding carboxylic acids is 1. The quantitative estimate of drug-likeness (QED) is 0.507. The van der Waals surface area contributed by atoms with E-state index in [-0.39, 0.29) is 17.6 Å². The van der Waals surface area contributed by atoms with Gasteiger partial charge in [0.15, 0.2) is 5.16 Å². The van der Waals surface area contributed by atoms with Gasteiger partial charge >= 0.3 is 0 Å². The van der Waals surface area contributed by atoms with E-state index in [9.17, 15) is 13.6 Å². The average molecular weight is 419 g/mol. The Hall–Kier alpha value is -2.61. The monoisotopic (exact) mass is 418 g/mol. The number of fused-ring (bicyclic) bond motifs is 1. The number of benzene rings is 2. The molecule has 1 aromatic heterocycles. The predicted octanol–water partition coefficient (Wildman–Crippen LogP) is 4.47. The third kappa shape index (κ3) is 5.06. The fraction of sp³-hybridized carbons (Fsp3) is 0.333. The van der Waals surface area contributed by atoms with E-state index < -0.39 is 5.76 Å². The van der Waals surface area contributed by atoms with Gasteiger partial charge in [-0.3, -0.25) is 4.79 Å². The number of amides is 1. The van der Waals surface area contributed by atoms with Crippen LogP contribution in [0.3, 0.4) is 0 Å². The summed E-state index contributed by atoms with van der Waals surface area (Å²) in [6.07, 6.45) is 0. The normalized spacial score (nSPS) is 11.2. The summed E-state index contributed by atoms with van der Waals surface area (Å²) in [5.41, 5.74) is 3.38. The van der Waals surface area contributed by atoms with Crippen molar-refractivity contribution in [3.05, 3.63) is 54.1 Å². The van der Waals surface area contributed by atoms with Crippen molar-refractivity contribution in [3.8, 4) is 0 Å². The van der Waals surface area contributed by atoms with Crippen molar-refractivity contribution in [2.75, 3.05) is 25.5 Å². The van der Waals surface area contributed by atoms with E-state index in [0.717, 1.165) is 11.3 Å². The summed E-state index contributed by atoms with van der Waals surface area (Å²) in [4.78, 5) is 21.0. The summed E-state index contributed by atoms with van der Waals surface area (Å²) in [6, 6.07) is 15.2. The average Bonchev–Trinajstić information content (AvgIpc) is 3.02. The van der Waals surface area contributed by atoms with Crippen LogP contribution in [0.4, 0.5) is 14.5 Å². The lowest BCUT2D eigenvalue weighted by Gasteiger charge is -2.22. The minimum atomic E-state index is -2.60. The van der Waals surface area contributed by atoms with Gasteiger partial charge in [0.05, 0.1) is 11.0 Å². The number of hydrogen-bond donors (Lipinski definition) is 0. The maximum Gasteiger partial charge on any atom is 0.291 e. The van der Waals surface area contributed by atoms with Crippen molar-refractivity contribution < 1.29 is 13.6 Å². The second-order valence-electron chi connectivity index (χ2n) is 6.82. The molecular formula is C21H24F2N4OS. The first kappa shape index (κ1) is 21.1. The molecule has 0 fully saturated rings. The lowest BCUT2D eigenvalue weighted by molar-refractivity contribution is -0.132. The molecule has 0 spiro atoms. The minimum absolute atomic E-state index is 0.0286. The van der Waals surface area contributed by atoms with Gasteiger partial charge in [-0.2, -0.15) is 8.78 Å². The molecule has 0 unspecified atom stereocenters. The molecule has 0 saturated carbocycles. The van der Waals surface area contributed by atoms with Gasteiger partial charge in [-0.25, -0.2) is 4.98 Å². The molecule has 0 aliphatic carbocycles. The zero-order valence-corrected chi connectivity index (χ0v) is 17.5. The predicted molar refractivity (Wildman–Crippen MR) is 113 cm³/mol. The van der Waals surface area contributed by atoms with E-state index in [4.69, 9.17) is 0 Å². The number of carbonyl (C=O) groups is 1. The van der Waals surface area contributed by atoms with Crippen molar-refractivity contribution in [1.29, 1.82) is 0 Å². The molecule has 3 aromatic rings. The second-order valence-corrected chi connectivity index (χ2v) is 7.77. The zero-order valence-electron chi connectivity index (χ0n) is 16.7. The molecule has 3 rings (SSSR count). The molecule has 8 heteroatoms. The van der Waals surface area contributed by atoms with Crippen LogP contribution >= 0.6 is 11.8 Å². The Morgan fingerprint density at radius 3 is 2.45 bits per heavy atom. The van der Waals surface area contributed by atoms with Gasteiger partial charge in [0, 0.05) is 32.9 Å². The van der Waals surface area contributed by atoms with Crippen LogP contribution in [0, 0.1) is 0 Å². The van der Waals surface area contributed by atoms with Gasteiger partial charge in [0.2, 0.25) is 5.91 Å². The van der Waals surface area contributed by atoms with Crippen LogP contribution in [0.25, 0.3) is 11.0 Å². The number of rotatable bonds is 8. The van der Waals surface area contributed by atoms with Crippen LogP contribution in [0.5, 0.6) is 0 Å². The highest BCUT2D eigenvalue weighted by Gasteiger charge is 2.20. The lowest BCUT2D eigenvalue weighted by atomic mass is 10.2. The van der Waals surface area contributed by atoms with Crippen LogP contribution in [-0.2, 0) is 17.9 Å². The van der Waals surface area contributed by atoms with Crippen LogP contribution in [0.2, 0.25) is 0 Å². The molecule has 0 aliphatic rings. The molecule has 154 valence electrons. The summed E-state index contributed by atoms with van der Waals surface area (Å²) < 4.78 is 27.5. The van der Waals surface area contributed by atoms with E-state index in [1.165, 1.54) is 0 Å². The van der Waals surface area contributed by atoms with E-state index >= 15 is 0 Å². The molecule has 1 heterocycles. The molecule has 1 amide bonds. The molecule has 0 aliphatic heterocycles. The first-order valence-corrected chi connectivity index (χ1v) is 10.2. The number of likely N-dealkylation sites (N-methyl/N-ethyl adjacent to an activating group) is 1. The van der Waals surface area contributed by atoms with Gasteiger partial charge in [0.25, 0.3) is 5.76 Å². The molecule has 0 radical (unpaired) electrons. The first-order chi connectivity index (χ1) is 13.9. The zero-order chi connectivity index (χ0) is 21.0. The van der Waals surface area contributed by atoms with Crippen molar-refractivity contribution in [2.24, 2.45) is 0 Å². The molecule has 29 heavy (non-hydrogen) atoms. The SMILES string of the molecule is CCN(Cc1ccc(N(C)C)cc1)C(=O)Cn1c(SC(F)F)nc2ccccc21. The topological polar surface area (TPSA) is 41.4 Å². The van der Waals surface area contributed by atoms with Crippen molar-refractivity contribution in [1.82, 2.24) is 14.5 Å². The Kier molecular flexibility index (Phi) is 6.74. The number of thioether (sulfide) groups is 1. The molecule has 0 N–H and O–H groups in total. The Balaban J connectivity index is 1.80. The molecule has 5 nitrogen and oxygen atoms in total. The van der Waals surface area contributed by atoms with Gasteiger partial charge in [0.1, 0.15) is 6.54 Å². The molecule has 0 atom stereocenters. The summed E-state index contributed by atoms with van der Waals surface area (Å²) in [6.45, 7) is 2.87. The Morgan fingerprint density at radius 1 is 1.14 bits per heavy atom. The number of alkyl halides is 2. The third-order valence-corrected chi connectivity index (χ3v) is 5.37. The van der Waals surface area contributed by atoms with Gasteiger partial charge < -0.3 is 14.4 Å². The van der Waals surface area contributed by atoms with Gasteiger partial charge in [-0.15, -0.1) is 0 Å². The number of hydrogen-bond acceptors (Lipinski definition) is 4. The van der Waals surface area contributed by atoms with Crippen molar-refractivity contribution in [2.45, 2.75) is 30.9 Å². The number of halogens is 2. The van der Waals surface area contributed by atoms with E-state index in [1.807, 2.05) is 56.3 Å². The Labute approximate surface area is 173 Å². The van der Waals surface area contributed by atoms with Gasteiger partial charge in [-0.1, -0.05) is 24.3 Å². The van der Waals surface area contributed by atoms with Crippen molar-refractivity contribution in [3.63, 3.8) is 0 Å². The van der Waals surface area contributed by atoms with Crippen LogP contribution in [0.1, 0.15) is 12.5 Å². The molecular weight excluding hydrogens is 394 g/mol. The van der Waals surface area contributed by atoms with E-state index in [1.54, 1.807) is 27.7 Å². The van der Waals surface area contributed by atoms with E-state index in [0.29, 0.717) is 35.9 Å². The van der Waals surface area contributed by atoms with Crippen LogP contribution in [0.15, 0.2) is 53.7 Å². The molecule has 2 aromatic carbocycles. The number of para-hydroxylation sites is 2. The fourth-order valence-corrected chi connectivity index (χ4v) is 3.71.